The summed E-state index contributed by atoms with van der Waals surface area (Å²) in [6.45, 7) is 7.57. The molecule has 1 amide bonds. The van der Waals surface area contributed by atoms with Crippen molar-refractivity contribution in [3.8, 4) is 0 Å². The van der Waals surface area contributed by atoms with Gasteiger partial charge >= 0.3 is 6.09 Å². The first kappa shape index (κ1) is 14.6. The standard InChI is InChI=1S/C12H24N4O2/c1-12(2,3)18-11(17)16-6-4-5-9(8-16)7-15-10(13)14/h9H,4-8H2,1-3H3,(H4,13,14,15)/t9-/m1/s1. The van der Waals surface area contributed by atoms with Gasteiger partial charge in [-0.2, -0.15) is 0 Å². The van der Waals surface area contributed by atoms with Gasteiger partial charge in [0.15, 0.2) is 5.96 Å². The second-order valence-corrected chi connectivity index (χ2v) is 5.70. The summed E-state index contributed by atoms with van der Waals surface area (Å²) in [6.07, 6.45) is 1.75. The van der Waals surface area contributed by atoms with Crippen LogP contribution in [0.2, 0.25) is 0 Å². The molecule has 1 saturated heterocycles. The van der Waals surface area contributed by atoms with Crippen molar-refractivity contribution in [1.29, 1.82) is 0 Å². The zero-order chi connectivity index (χ0) is 13.8. The lowest BCUT2D eigenvalue weighted by Gasteiger charge is -2.33. The van der Waals surface area contributed by atoms with Crippen LogP contribution < -0.4 is 11.5 Å². The van der Waals surface area contributed by atoms with Gasteiger partial charge in [-0.15, -0.1) is 0 Å². The van der Waals surface area contributed by atoms with Crippen molar-refractivity contribution in [2.75, 3.05) is 19.6 Å². The van der Waals surface area contributed by atoms with Crippen molar-refractivity contribution < 1.29 is 9.53 Å². The number of amides is 1. The van der Waals surface area contributed by atoms with Crippen molar-refractivity contribution in [2.24, 2.45) is 22.4 Å². The number of aliphatic imine (C=N–C) groups is 1. The van der Waals surface area contributed by atoms with Crippen LogP contribution >= 0.6 is 0 Å². The van der Waals surface area contributed by atoms with E-state index in [0.29, 0.717) is 19.0 Å². The van der Waals surface area contributed by atoms with Crippen LogP contribution in [0.1, 0.15) is 33.6 Å². The highest BCUT2D eigenvalue weighted by Gasteiger charge is 2.27. The molecule has 0 spiro atoms. The van der Waals surface area contributed by atoms with E-state index in [2.05, 4.69) is 4.99 Å². The van der Waals surface area contributed by atoms with E-state index in [1.54, 1.807) is 4.90 Å². The Bertz CT molecular complexity index is 319. The maximum Gasteiger partial charge on any atom is 0.410 e. The highest BCUT2D eigenvalue weighted by atomic mass is 16.6. The Hall–Kier alpha value is -1.46. The molecule has 0 aliphatic carbocycles. The molecule has 1 fully saturated rings. The molecule has 0 unspecified atom stereocenters. The fraction of sp³-hybridized carbons (Fsp3) is 0.833. The SMILES string of the molecule is CC(C)(C)OC(=O)N1CCC[C@H](CN=C(N)N)C1. The minimum atomic E-state index is -0.454. The number of piperidine rings is 1. The number of hydrogen-bond acceptors (Lipinski definition) is 3. The molecule has 4 N–H and O–H groups in total. The third kappa shape index (κ3) is 5.25. The van der Waals surface area contributed by atoms with Crippen LogP contribution in [0.5, 0.6) is 0 Å². The molecule has 18 heavy (non-hydrogen) atoms. The predicted octanol–water partition coefficient (Wildman–Crippen LogP) is 0.907. The van der Waals surface area contributed by atoms with Crippen LogP contribution in [-0.2, 0) is 4.74 Å². The predicted molar refractivity (Wildman–Crippen MR) is 71.2 cm³/mol. The van der Waals surface area contributed by atoms with E-state index in [4.69, 9.17) is 16.2 Å². The number of guanidine groups is 1. The Morgan fingerprint density at radius 3 is 2.67 bits per heavy atom. The molecule has 6 nitrogen and oxygen atoms in total. The first-order valence-corrected chi connectivity index (χ1v) is 6.31. The summed E-state index contributed by atoms with van der Waals surface area (Å²) in [5.41, 5.74) is 10.2. The van der Waals surface area contributed by atoms with Crippen molar-refractivity contribution in [3.05, 3.63) is 0 Å². The fourth-order valence-corrected chi connectivity index (χ4v) is 1.94. The van der Waals surface area contributed by atoms with Gasteiger partial charge in [-0.3, -0.25) is 4.99 Å². The van der Waals surface area contributed by atoms with Gasteiger partial charge in [0.25, 0.3) is 0 Å². The molecule has 6 heteroatoms. The molecule has 1 aliphatic heterocycles. The fourth-order valence-electron chi connectivity index (χ4n) is 1.94. The van der Waals surface area contributed by atoms with E-state index in [9.17, 15) is 4.79 Å². The summed E-state index contributed by atoms with van der Waals surface area (Å²) in [6, 6.07) is 0. The Labute approximate surface area is 108 Å². The summed E-state index contributed by atoms with van der Waals surface area (Å²) >= 11 is 0. The maximum absolute atomic E-state index is 11.9. The van der Waals surface area contributed by atoms with E-state index in [1.165, 1.54) is 0 Å². The van der Waals surface area contributed by atoms with Gasteiger partial charge in [0.1, 0.15) is 5.60 Å². The highest BCUT2D eigenvalue weighted by Crippen LogP contribution is 2.19. The zero-order valence-electron chi connectivity index (χ0n) is 11.5. The molecule has 104 valence electrons. The van der Waals surface area contributed by atoms with Gasteiger partial charge in [0.2, 0.25) is 0 Å². The molecule has 1 atom stereocenters. The maximum atomic E-state index is 11.9. The highest BCUT2D eigenvalue weighted by molar-refractivity contribution is 5.75. The Balaban J connectivity index is 2.48. The average Bonchev–Trinajstić information content (AvgIpc) is 2.24. The Kier molecular flexibility index (Phi) is 4.81. The van der Waals surface area contributed by atoms with Crippen molar-refractivity contribution >= 4 is 12.1 Å². The van der Waals surface area contributed by atoms with Crippen molar-refractivity contribution in [2.45, 2.75) is 39.2 Å². The summed E-state index contributed by atoms with van der Waals surface area (Å²) in [5.74, 6) is 0.415. The summed E-state index contributed by atoms with van der Waals surface area (Å²) in [7, 11) is 0. The number of carbonyl (C=O) groups excluding carboxylic acids is 1. The van der Waals surface area contributed by atoms with Crippen LogP contribution in [0.15, 0.2) is 4.99 Å². The van der Waals surface area contributed by atoms with Gasteiger partial charge in [-0.25, -0.2) is 4.79 Å². The topological polar surface area (TPSA) is 93.9 Å². The number of likely N-dealkylation sites (tertiary alicyclic amines) is 1. The van der Waals surface area contributed by atoms with E-state index in [0.717, 1.165) is 19.4 Å². The molecule has 0 radical (unpaired) electrons. The molecule has 1 heterocycles. The van der Waals surface area contributed by atoms with E-state index in [1.807, 2.05) is 20.8 Å². The number of nitrogens with zero attached hydrogens (tertiary/aromatic N) is 2. The Morgan fingerprint density at radius 2 is 2.11 bits per heavy atom. The first-order chi connectivity index (χ1) is 8.28. The van der Waals surface area contributed by atoms with Crippen LogP contribution in [0.3, 0.4) is 0 Å². The van der Waals surface area contributed by atoms with E-state index < -0.39 is 5.60 Å². The normalized spacial score (nSPS) is 20.4. The summed E-state index contributed by atoms with van der Waals surface area (Å²) < 4.78 is 5.35. The van der Waals surface area contributed by atoms with Crippen LogP contribution in [-0.4, -0.2) is 42.2 Å². The molecule has 0 aromatic heterocycles. The first-order valence-electron chi connectivity index (χ1n) is 6.31. The minimum Gasteiger partial charge on any atom is -0.444 e. The molecule has 0 aromatic carbocycles. The summed E-state index contributed by atoms with van der Waals surface area (Å²) in [4.78, 5) is 17.7. The van der Waals surface area contributed by atoms with Crippen molar-refractivity contribution in [1.82, 2.24) is 4.90 Å². The molecule has 0 aromatic rings. The molecule has 1 aliphatic rings. The lowest BCUT2D eigenvalue weighted by atomic mass is 9.98. The van der Waals surface area contributed by atoms with Crippen LogP contribution in [0.25, 0.3) is 0 Å². The van der Waals surface area contributed by atoms with Crippen LogP contribution in [0.4, 0.5) is 4.79 Å². The molecule has 0 bridgehead atoms. The molecular weight excluding hydrogens is 232 g/mol. The third-order valence-corrected chi connectivity index (χ3v) is 2.70. The molecule has 0 saturated carbocycles. The number of carbonyl (C=O) groups is 1. The van der Waals surface area contributed by atoms with E-state index >= 15 is 0 Å². The van der Waals surface area contributed by atoms with Gasteiger partial charge in [0, 0.05) is 19.6 Å². The molecule has 1 rings (SSSR count). The lowest BCUT2D eigenvalue weighted by molar-refractivity contribution is 0.0171. The minimum absolute atomic E-state index is 0.101. The summed E-state index contributed by atoms with van der Waals surface area (Å²) in [5, 5.41) is 0. The number of rotatable bonds is 2. The lowest BCUT2D eigenvalue weighted by Crippen LogP contribution is -2.43. The largest absolute Gasteiger partial charge is 0.444 e. The second-order valence-electron chi connectivity index (χ2n) is 5.70. The van der Waals surface area contributed by atoms with Gasteiger partial charge in [-0.05, 0) is 39.5 Å². The second kappa shape index (κ2) is 5.93. The van der Waals surface area contributed by atoms with Gasteiger partial charge in [0.05, 0.1) is 0 Å². The Morgan fingerprint density at radius 1 is 1.44 bits per heavy atom. The molecular formula is C12H24N4O2. The number of hydrogen-bond donors (Lipinski definition) is 2. The number of ether oxygens (including phenoxy) is 1. The quantitative estimate of drug-likeness (QED) is 0.567. The average molecular weight is 256 g/mol. The monoisotopic (exact) mass is 256 g/mol. The smallest absolute Gasteiger partial charge is 0.410 e. The van der Waals surface area contributed by atoms with E-state index in [-0.39, 0.29) is 12.1 Å². The third-order valence-electron chi connectivity index (χ3n) is 2.70. The number of nitrogens with two attached hydrogens (primary N) is 2. The van der Waals surface area contributed by atoms with Gasteiger partial charge in [-0.1, -0.05) is 0 Å². The van der Waals surface area contributed by atoms with Gasteiger partial charge < -0.3 is 21.1 Å². The van der Waals surface area contributed by atoms with Crippen LogP contribution in [0, 0.1) is 5.92 Å². The van der Waals surface area contributed by atoms with Crippen molar-refractivity contribution in [3.63, 3.8) is 0 Å². The zero-order valence-corrected chi connectivity index (χ0v) is 11.5.